The second kappa shape index (κ2) is 5.48. The summed E-state index contributed by atoms with van der Waals surface area (Å²) in [5.74, 6) is -0.132. The summed E-state index contributed by atoms with van der Waals surface area (Å²) in [4.78, 5) is 12.3. The van der Waals surface area contributed by atoms with E-state index >= 15 is 0 Å². The Morgan fingerprint density at radius 3 is 2.93 bits per heavy atom. The van der Waals surface area contributed by atoms with Crippen LogP contribution in [0.15, 0.2) is 15.9 Å². The third kappa shape index (κ3) is 2.80. The number of aliphatic hydroxyl groups excluding tert-OH is 1. The van der Waals surface area contributed by atoms with Crippen LogP contribution in [0.1, 0.15) is 23.0 Å². The fraction of sp³-hybridized carbons (Fsp3) is 0.444. The normalized spacial score (nSPS) is 12.5. The molecule has 0 fully saturated rings. The molecule has 1 amide bonds. The van der Waals surface area contributed by atoms with Crippen LogP contribution in [0.25, 0.3) is 0 Å². The van der Waals surface area contributed by atoms with E-state index in [2.05, 4.69) is 21.2 Å². The van der Waals surface area contributed by atoms with Gasteiger partial charge in [-0.15, -0.1) is 11.3 Å². The monoisotopic (exact) mass is 277 g/mol. The molecule has 0 bridgehead atoms. The standard InChI is InChI=1S/C9H12BrNO2S/c1-2-6(5-12)11-9(13)8-7(10)3-4-14-8/h3-4,6,12H,2,5H2,1H3,(H,11,13)/t6-/m1/s1. The molecule has 1 atom stereocenters. The Morgan fingerprint density at radius 2 is 2.50 bits per heavy atom. The number of nitrogens with one attached hydrogen (secondary N) is 1. The van der Waals surface area contributed by atoms with Gasteiger partial charge in [0.15, 0.2) is 0 Å². The predicted octanol–water partition coefficient (Wildman–Crippen LogP) is 2.01. The quantitative estimate of drug-likeness (QED) is 0.885. The molecule has 78 valence electrons. The molecule has 0 saturated heterocycles. The highest BCUT2D eigenvalue weighted by molar-refractivity contribution is 9.10. The van der Waals surface area contributed by atoms with Gasteiger partial charge in [0.25, 0.3) is 5.91 Å². The van der Waals surface area contributed by atoms with E-state index in [4.69, 9.17) is 5.11 Å². The third-order valence-corrected chi connectivity index (χ3v) is 3.71. The maximum Gasteiger partial charge on any atom is 0.262 e. The third-order valence-electron chi connectivity index (χ3n) is 1.87. The maximum absolute atomic E-state index is 11.6. The predicted molar refractivity (Wildman–Crippen MR) is 60.7 cm³/mol. The molecule has 1 aromatic heterocycles. The molecule has 0 spiro atoms. The molecule has 5 heteroatoms. The second-order valence-electron chi connectivity index (χ2n) is 2.86. The van der Waals surface area contributed by atoms with Gasteiger partial charge in [-0.05, 0) is 33.8 Å². The van der Waals surface area contributed by atoms with Crippen molar-refractivity contribution in [2.24, 2.45) is 0 Å². The van der Waals surface area contributed by atoms with Crippen LogP contribution in [0.5, 0.6) is 0 Å². The number of hydrogen-bond donors (Lipinski definition) is 2. The molecule has 0 saturated carbocycles. The van der Waals surface area contributed by atoms with Crippen molar-refractivity contribution in [3.05, 3.63) is 20.8 Å². The first kappa shape index (κ1) is 11.7. The van der Waals surface area contributed by atoms with E-state index in [1.54, 1.807) is 0 Å². The number of aliphatic hydroxyl groups is 1. The molecular weight excluding hydrogens is 266 g/mol. The molecule has 0 radical (unpaired) electrons. The molecule has 1 aromatic rings. The summed E-state index contributed by atoms with van der Waals surface area (Å²) in [5.41, 5.74) is 0. The van der Waals surface area contributed by atoms with Gasteiger partial charge in [0, 0.05) is 4.47 Å². The first-order chi connectivity index (χ1) is 6.69. The molecule has 0 aliphatic carbocycles. The lowest BCUT2D eigenvalue weighted by atomic mass is 10.2. The zero-order valence-electron chi connectivity index (χ0n) is 7.79. The van der Waals surface area contributed by atoms with Crippen molar-refractivity contribution in [1.82, 2.24) is 5.32 Å². The van der Waals surface area contributed by atoms with Gasteiger partial charge in [-0.1, -0.05) is 6.92 Å². The number of thiophene rings is 1. The molecule has 2 N–H and O–H groups in total. The molecular formula is C9H12BrNO2S. The number of halogens is 1. The lowest BCUT2D eigenvalue weighted by Crippen LogP contribution is -2.36. The Kier molecular flexibility index (Phi) is 4.57. The first-order valence-electron chi connectivity index (χ1n) is 4.33. The van der Waals surface area contributed by atoms with Gasteiger partial charge in [-0.3, -0.25) is 4.79 Å². The highest BCUT2D eigenvalue weighted by Gasteiger charge is 2.14. The number of rotatable bonds is 4. The van der Waals surface area contributed by atoms with Crippen molar-refractivity contribution >= 4 is 33.2 Å². The van der Waals surface area contributed by atoms with Crippen LogP contribution in [0.4, 0.5) is 0 Å². The Hall–Kier alpha value is -0.390. The van der Waals surface area contributed by atoms with Gasteiger partial charge in [0.1, 0.15) is 4.88 Å². The molecule has 0 aromatic carbocycles. The fourth-order valence-electron chi connectivity index (χ4n) is 0.984. The van der Waals surface area contributed by atoms with E-state index in [0.717, 1.165) is 10.9 Å². The fourth-order valence-corrected chi connectivity index (χ4v) is 2.44. The van der Waals surface area contributed by atoms with Gasteiger partial charge >= 0.3 is 0 Å². The number of carbonyl (C=O) groups is 1. The smallest absolute Gasteiger partial charge is 0.262 e. The molecule has 0 aliphatic rings. The Bertz CT molecular complexity index is 310. The summed E-state index contributed by atoms with van der Waals surface area (Å²) < 4.78 is 0.799. The van der Waals surface area contributed by atoms with Gasteiger partial charge in [0.05, 0.1) is 12.6 Å². The van der Waals surface area contributed by atoms with Crippen molar-refractivity contribution in [2.75, 3.05) is 6.61 Å². The van der Waals surface area contributed by atoms with Crippen LogP contribution < -0.4 is 5.32 Å². The van der Waals surface area contributed by atoms with Gasteiger partial charge in [-0.25, -0.2) is 0 Å². The summed E-state index contributed by atoms with van der Waals surface area (Å²) in [6.45, 7) is 1.90. The number of amides is 1. The Labute approximate surface area is 95.3 Å². The summed E-state index contributed by atoms with van der Waals surface area (Å²) in [7, 11) is 0. The molecule has 0 unspecified atom stereocenters. The van der Waals surface area contributed by atoms with Crippen LogP contribution in [-0.4, -0.2) is 23.7 Å². The van der Waals surface area contributed by atoms with E-state index in [-0.39, 0.29) is 18.6 Å². The van der Waals surface area contributed by atoms with E-state index in [9.17, 15) is 4.79 Å². The van der Waals surface area contributed by atoms with Crippen molar-refractivity contribution in [3.63, 3.8) is 0 Å². The lowest BCUT2D eigenvalue weighted by Gasteiger charge is -2.13. The van der Waals surface area contributed by atoms with Crippen LogP contribution in [0, 0.1) is 0 Å². The van der Waals surface area contributed by atoms with Crippen LogP contribution in [0.2, 0.25) is 0 Å². The minimum absolute atomic E-state index is 0.0226. The molecule has 1 heterocycles. The average Bonchev–Trinajstić information content (AvgIpc) is 2.60. The Balaban J connectivity index is 2.63. The summed E-state index contributed by atoms with van der Waals surface area (Å²) >= 11 is 4.67. The van der Waals surface area contributed by atoms with Gasteiger partial charge in [-0.2, -0.15) is 0 Å². The van der Waals surface area contributed by atoms with Crippen molar-refractivity contribution < 1.29 is 9.90 Å². The highest BCUT2D eigenvalue weighted by atomic mass is 79.9. The topological polar surface area (TPSA) is 49.3 Å². The first-order valence-corrected chi connectivity index (χ1v) is 6.01. The largest absolute Gasteiger partial charge is 0.394 e. The van der Waals surface area contributed by atoms with Crippen LogP contribution in [-0.2, 0) is 0 Å². The zero-order chi connectivity index (χ0) is 10.6. The Morgan fingerprint density at radius 1 is 1.79 bits per heavy atom. The van der Waals surface area contributed by atoms with Crippen LogP contribution >= 0.6 is 27.3 Å². The summed E-state index contributed by atoms with van der Waals surface area (Å²) in [6.07, 6.45) is 0.727. The molecule has 14 heavy (non-hydrogen) atoms. The average molecular weight is 278 g/mol. The lowest BCUT2D eigenvalue weighted by molar-refractivity contribution is 0.0918. The number of carbonyl (C=O) groups excluding carboxylic acids is 1. The van der Waals surface area contributed by atoms with Gasteiger partial charge in [0.2, 0.25) is 0 Å². The van der Waals surface area contributed by atoms with Crippen molar-refractivity contribution in [1.29, 1.82) is 0 Å². The SMILES string of the molecule is CC[C@H](CO)NC(=O)c1sccc1Br. The van der Waals surface area contributed by atoms with E-state index < -0.39 is 0 Å². The minimum Gasteiger partial charge on any atom is -0.394 e. The second-order valence-corrected chi connectivity index (χ2v) is 4.63. The van der Waals surface area contributed by atoms with E-state index in [1.807, 2.05) is 18.4 Å². The summed E-state index contributed by atoms with van der Waals surface area (Å²) in [6, 6.07) is 1.68. The maximum atomic E-state index is 11.6. The van der Waals surface area contributed by atoms with Crippen molar-refractivity contribution in [3.8, 4) is 0 Å². The van der Waals surface area contributed by atoms with Crippen molar-refractivity contribution in [2.45, 2.75) is 19.4 Å². The number of hydrogen-bond acceptors (Lipinski definition) is 3. The minimum atomic E-state index is -0.156. The molecule has 0 aliphatic heterocycles. The van der Waals surface area contributed by atoms with Crippen LogP contribution in [0.3, 0.4) is 0 Å². The highest BCUT2D eigenvalue weighted by Crippen LogP contribution is 2.22. The van der Waals surface area contributed by atoms with E-state index in [1.165, 1.54) is 11.3 Å². The molecule has 1 rings (SSSR count). The van der Waals surface area contributed by atoms with E-state index in [0.29, 0.717) is 4.88 Å². The molecule has 3 nitrogen and oxygen atoms in total. The summed E-state index contributed by atoms with van der Waals surface area (Å²) in [5, 5.41) is 13.5. The van der Waals surface area contributed by atoms with Gasteiger partial charge < -0.3 is 10.4 Å². The zero-order valence-corrected chi connectivity index (χ0v) is 10.2.